The summed E-state index contributed by atoms with van der Waals surface area (Å²) in [6.45, 7) is 1.45. The van der Waals surface area contributed by atoms with Gasteiger partial charge in [-0.1, -0.05) is 0 Å². The number of carbonyl (C=O) groups is 2. The van der Waals surface area contributed by atoms with Gasteiger partial charge < -0.3 is 30.4 Å². The van der Waals surface area contributed by atoms with Crippen molar-refractivity contribution in [2.45, 2.75) is 13.0 Å². The minimum atomic E-state index is -0.593. The van der Waals surface area contributed by atoms with Crippen molar-refractivity contribution in [1.29, 1.82) is 0 Å². The largest absolute Gasteiger partial charge is 0.465 e. The van der Waals surface area contributed by atoms with E-state index in [4.69, 9.17) is 15.2 Å². The predicted octanol–water partition coefficient (Wildman–Crippen LogP) is 2.07. The maximum absolute atomic E-state index is 12.0. The van der Waals surface area contributed by atoms with E-state index in [0.717, 1.165) is 13.0 Å². The number of anilines is 4. The zero-order valence-electron chi connectivity index (χ0n) is 17.2. The molecule has 0 aliphatic heterocycles. The van der Waals surface area contributed by atoms with Gasteiger partial charge in [0.1, 0.15) is 12.0 Å². The summed E-state index contributed by atoms with van der Waals surface area (Å²) >= 11 is 0. The number of nitrogens with zero attached hydrogens (tertiary/aromatic N) is 4. The topological polar surface area (TPSA) is 146 Å². The number of aryl methyl sites for hydroxylation is 1. The molecule has 1 aromatic carbocycles. The second-order valence-electron chi connectivity index (χ2n) is 6.47. The van der Waals surface area contributed by atoms with Gasteiger partial charge in [0.25, 0.3) is 0 Å². The fourth-order valence-corrected chi connectivity index (χ4v) is 2.83. The molecular formula is C20H23N7O4. The number of methoxy groups -OCH3 is 2. The van der Waals surface area contributed by atoms with Gasteiger partial charge in [0.2, 0.25) is 0 Å². The van der Waals surface area contributed by atoms with Crippen molar-refractivity contribution in [2.24, 2.45) is 0 Å². The Kier molecular flexibility index (Phi) is 6.99. The van der Waals surface area contributed by atoms with Crippen LogP contribution in [0.5, 0.6) is 0 Å². The molecule has 0 bridgehead atoms. The second kappa shape index (κ2) is 10.1. The van der Waals surface area contributed by atoms with Crippen molar-refractivity contribution < 1.29 is 19.1 Å². The Morgan fingerprint density at radius 1 is 1.06 bits per heavy atom. The van der Waals surface area contributed by atoms with E-state index in [9.17, 15) is 9.59 Å². The monoisotopic (exact) mass is 425 g/mol. The van der Waals surface area contributed by atoms with Gasteiger partial charge in [0.05, 0.1) is 31.7 Å². The minimum Gasteiger partial charge on any atom is -0.465 e. The first-order valence-electron chi connectivity index (χ1n) is 9.40. The molecule has 0 unspecified atom stereocenters. The fraction of sp³-hybridized carbons (Fsp3) is 0.250. The number of imidazole rings is 1. The van der Waals surface area contributed by atoms with Crippen LogP contribution in [0, 0.1) is 0 Å². The van der Waals surface area contributed by atoms with E-state index in [1.54, 1.807) is 12.5 Å². The maximum Gasteiger partial charge on any atom is 0.337 e. The van der Waals surface area contributed by atoms with E-state index in [1.807, 2.05) is 10.8 Å². The highest BCUT2D eigenvalue weighted by Gasteiger charge is 2.15. The minimum absolute atomic E-state index is 0.179. The van der Waals surface area contributed by atoms with E-state index < -0.39 is 11.9 Å². The van der Waals surface area contributed by atoms with Crippen LogP contribution in [0.4, 0.5) is 23.0 Å². The summed E-state index contributed by atoms with van der Waals surface area (Å²) in [5.74, 6) is -0.389. The van der Waals surface area contributed by atoms with Crippen molar-refractivity contribution in [2.75, 3.05) is 37.1 Å². The van der Waals surface area contributed by atoms with E-state index in [-0.39, 0.29) is 11.1 Å². The average molecular weight is 425 g/mol. The third kappa shape index (κ3) is 5.47. The molecule has 3 aromatic rings. The van der Waals surface area contributed by atoms with Crippen LogP contribution < -0.4 is 16.4 Å². The van der Waals surface area contributed by atoms with Crippen LogP contribution in [-0.4, -0.2) is 52.2 Å². The molecule has 11 heteroatoms. The molecule has 0 spiro atoms. The predicted molar refractivity (Wildman–Crippen MR) is 114 cm³/mol. The lowest BCUT2D eigenvalue weighted by Gasteiger charge is -2.14. The van der Waals surface area contributed by atoms with Crippen LogP contribution in [0.2, 0.25) is 0 Å². The third-order valence-electron chi connectivity index (χ3n) is 4.37. The average Bonchev–Trinajstić information content (AvgIpc) is 3.31. The Hall–Kier alpha value is -4.15. The van der Waals surface area contributed by atoms with Crippen LogP contribution in [0.15, 0.2) is 43.2 Å². The molecule has 0 aliphatic carbocycles. The lowest BCUT2D eigenvalue weighted by atomic mass is 10.1. The van der Waals surface area contributed by atoms with Crippen LogP contribution >= 0.6 is 0 Å². The highest BCUT2D eigenvalue weighted by molar-refractivity contribution is 5.97. The summed E-state index contributed by atoms with van der Waals surface area (Å²) in [6, 6.07) is 4.44. The summed E-state index contributed by atoms with van der Waals surface area (Å²) in [6.07, 6.45) is 7.58. The van der Waals surface area contributed by atoms with Gasteiger partial charge in [0.15, 0.2) is 11.6 Å². The smallest absolute Gasteiger partial charge is 0.337 e. The number of carbonyl (C=O) groups excluding carboxylic acids is 2. The number of ether oxygens (including phenoxy) is 2. The number of benzene rings is 1. The van der Waals surface area contributed by atoms with Crippen molar-refractivity contribution in [1.82, 2.24) is 19.5 Å². The van der Waals surface area contributed by atoms with Gasteiger partial charge in [-0.15, -0.1) is 0 Å². The number of aromatic nitrogens is 4. The molecule has 0 amide bonds. The standard InChI is InChI=1S/C20H23N7O4/c1-30-19(28)13-8-14(20(29)31-2)10-15(9-13)26-18-16(21)17(24-11-25-18)23-4-3-6-27-7-5-22-12-27/h5,7-12H,3-4,6,21H2,1-2H3,(H2,23,24,25,26). The Morgan fingerprint density at radius 2 is 1.74 bits per heavy atom. The number of rotatable bonds is 9. The molecule has 0 atom stereocenters. The number of hydrogen-bond donors (Lipinski definition) is 3. The Bertz CT molecular complexity index is 1020. The summed E-state index contributed by atoms with van der Waals surface area (Å²) in [7, 11) is 2.51. The number of nitrogens with one attached hydrogen (secondary N) is 2. The van der Waals surface area contributed by atoms with E-state index in [2.05, 4.69) is 25.6 Å². The summed E-state index contributed by atoms with van der Waals surface area (Å²) in [5, 5.41) is 6.20. The van der Waals surface area contributed by atoms with Crippen LogP contribution in [0.25, 0.3) is 0 Å². The molecule has 2 aromatic heterocycles. The van der Waals surface area contributed by atoms with Crippen molar-refractivity contribution in [3.63, 3.8) is 0 Å². The molecule has 31 heavy (non-hydrogen) atoms. The number of esters is 2. The Balaban J connectivity index is 1.75. The lowest BCUT2D eigenvalue weighted by Crippen LogP contribution is -2.11. The third-order valence-corrected chi connectivity index (χ3v) is 4.37. The molecule has 11 nitrogen and oxygen atoms in total. The SMILES string of the molecule is COC(=O)c1cc(Nc2ncnc(NCCCn3ccnc3)c2N)cc(C(=O)OC)c1. The fourth-order valence-electron chi connectivity index (χ4n) is 2.83. The molecule has 4 N–H and O–H groups in total. The van der Waals surface area contributed by atoms with Crippen molar-refractivity contribution in [3.05, 3.63) is 54.4 Å². The molecule has 2 heterocycles. The summed E-state index contributed by atoms with van der Waals surface area (Å²) < 4.78 is 11.5. The molecule has 0 saturated carbocycles. The van der Waals surface area contributed by atoms with Gasteiger partial charge in [-0.25, -0.2) is 24.5 Å². The van der Waals surface area contributed by atoms with Crippen molar-refractivity contribution in [3.8, 4) is 0 Å². The molecule has 0 aliphatic rings. The van der Waals surface area contributed by atoms with Gasteiger partial charge >= 0.3 is 11.9 Å². The molecule has 162 valence electrons. The van der Waals surface area contributed by atoms with Gasteiger partial charge in [-0.3, -0.25) is 0 Å². The van der Waals surface area contributed by atoms with Gasteiger partial charge in [-0.2, -0.15) is 0 Å². The first-order chi connectivity index (χ1) is 15.0. The van der Waals surface area contributed by atoms with Crippen LogP contribution in [0.3, 0.4) is 0 Å². The first kappa shape index (κ1) is 21.6. The molecule has 0 radical (unpaired) electrons. The zero-order valence-corrected chi connectivity index (χ0v) is 17.2. The summed E-state index contributed by atoms with van der Waals surface area (Å²) in [4.78, 5) is 36.3. The van der Waals surface area contributed by atoms with E-state index >= 15 is 0 Å². The number of nitrogens with two attached hydrogens (primary N) is 1. The highest BCUT2D eigenvalue weighted by atomic mass is 16.5. The summed E-state index contributed by atoms with van der Waals surface area (Å²) in [5.41, 5.74) is 7.28. The second-order valence-corrected chi connectivity index (χ2v) is 6.47. The van der Waals surface area contributed by atoms with Crippen molar-refractivity contribution >= 4 is 34.9 Å². The molecule has 0 saturated heterocycles. The van der Waals surface area contributed by atoms with Gasteiger partial charge in [0, 0.05) is 31.2 Å². The zero-order chi connectivity index (χ0) is 22.2. The van der Waals surface area contributed by atoms with E-state index in [0.29, 0.717) is 29.6 Å². The molecular weight excluding hydrogens is 402 g/mol. The number of hydrogen-bond acceptors (Lipinski definition) is 10. The molecule has 0 fully saturated rings. The van der Waals surface area contributed by atoms with Gasteiger partial charge in [-0.05, 0) is 24.6 Å². The van der Waals surface area contributed by atoms with Crippen LogP contribution in [-0.2, 0) is 16.0 Å². The normalized spacial score (nSPS) is 10.4. The lowest BCUT2D eigenvalue weighted by molar-refractivity contribution is 0.0599. The number of nitrogen functional groups attached to an aromatic ring is 1. The maximum atomic E-state index is 12.0. The van der Waals surface area contributed by atoms with Crippen LogP contribution in [0.1, 0.15) is 27.1 Å². The van der Waals surface area contributed by atoms with E-state index in [1.165, 1.54) is 38.7 Å². The Morgan fingerprint density at radius 3 is 2.35 bits per heavy atom. The quantitative estimate of drug-likeness (QED) is 0.344. The molecule has 3 rings (SSSR count). The Labute approximate surface area is 178 Å². The highest BCUT2D eigenvalue weighted by Crippen LogP contribution is 2.27. The first-order valence-corrected chi connectivity index (χ1v) is 9.40.